The number of carbonyl (C=O) groups excluding carboxylic acids is 1. The molecule has 1 aromatic carbocycles. The highest BCUT2D eigenvalue weighted by Gasteiger charge is 2.20. The zero-order valence-electron chi connectivity index (χ0n) is 12.6. The second-order valence-corrected chi connectivity index (χ2v) is 5.39. The van der Waals surface area contributed by atoms with Gasteiger partial charge < -0.3 is 15.5 Å². The molecule has 2 N–H and O–H groups in total. The number of piperidine rings is 1. The summed E-state index contributed by atoms with van der Waals surface area (Å²) in [6.07, 6.45) is 2.65. The van der Waals surface area contributed by atoms with Gasteiger partial charge in [0.1, 0.15) is 5.82 Å². The molecule has 0 aliphatic carbocycles. The molecule has 21 heavy (non-hydrogen) atoms. The lowest BCUT2D eigenvalue weighted by Crippen LogP contribution is -2.44. The molecule has 0 atom stereocenters. The minimum Gasteiger partial charge on any atom is -0.324 e. The Labute approximate surface area is 125 Å². The average Bonchev–Trinajstić information content (AvgIpc) is 2.51. The summed E-state index contributed by atoms with van der Waals surface area (Å²) in [6, 6.07) is 6.81. The van der Waals surface area contributed by atoms with Gasteiger partial charge in [0.05, 0.1) is 5.69 Å². The number of hydrogen-bond donors (Lipinski definition) is 2. The van der Waals surface area contributed by atoms with Gasteiger partial charge in [0.25, 0.3) is 0 Å². The molecule has 1 aromatic rings. The minimum absolute atomic E-state index is 0.132. The highest BCUT2D eigenvalue weighted by Crippen LogP contribution is 2.14. The SMILES string of the molecule is CCN(CCC(=O)Nc1ccccc1F)C1CCNCC1. The summed E-state index contributed by atoms with van der Waals surface area (Å²) in [7, 11) is 0. The highest BCUT2D eigenvalue weighted by atomic mass is 19.1. The van der Waals surface area contributed by atoms with Crippen LogP contribution < -0.4 is 10.6 Å². The molecule has 116 valence electrons. The molecule has 0 saturated carbocycles. The van der Waals surface area contributed by atoms with E-state index >= 15 is 0 Å². The van der Waals surface area contributed by atoms with Gasteiger partial charge in [-0.3, -0.25) is 4.79 Å². The van der Waals surface area contributed by atoms with Gasteiger partial charge in [-0.05, 0) is 44.6 Å². The molecule has 1 aliphatic rings. The number of halogens is 1. The van der Waals surface area contributed by atoms with Crippen molar-refractivity contribution in [3.05, 3.63) is 30.1 Å². The number of anilines is 1. The van der Waals surface area contributed by atoms with Crippen molar-refractivity contribution < 1.29 is 9.18 Å². The Hall–Kier alpha value is -1.46. The van der Waals surface area contributed by atoms with Crippen LogP contribution in [0.25, 0.3) is 0 Å². The lowest BCUT2D eigenvalue weighted by molar-refractivity contribution is -0.116. The molecule has 2 rings (SSSR count). The quantitative estimate of drug-likeness (QED) is 0.845. The summed E-state index contributed by atoms with van der Waals surface area (Å²) in [6.45, 7) is 5.88. The maximum atomic E-state index is 13.5. The number of amides is 1. The van der Waals surface area contributed by atoms with Crippen molar-refractivity contribution in [1.82, 2.24) is 10.2 Å². The van der Waals surface area contributed by atoms with Crippen molar-refractivity contribution >= 4 is 11.6 Å². The normalized spacial score (nSPS) is 16.1. The molecule has 1 fully saturated rings. The summed E-state index contributed by atoms with van der Waals surface area (Å²) in [4.78, 5) is 14.3. The molecule has 1 aliphatic heterocycles. The van der Waals surface area contributed by atoms with Crippen molar-refractivity contribution in [3.8, 4) is 0 Å². The second-order valence-electron chi connectivity index (χ2n) is 5.39. The number of para-hydroxylation sites is 1. The molecular formula is C16H24FN3O. The molecule has 5 heteroatoms. The van der Waals surface area contributed by atoms with Crippen LogP contribution in [0.4, 0.5) is 10.1 Å². The van der Waals surface area contributed by atoms with Crippen molar-refractivity contribution in [2.24, 2.45) is 0 Å². The van der Waals surface area contributed by atoms with E-state index in [4.69, 9.17) is 0 Å². The molecule has 0 spiro atoms. The third kappa shape index (κ3) is 4.79. The Bertz CT molecular complexity index is 461. The molecule has 1 heterocycles. The summed E-state index contributed by atoms with van der Waals surface area (Å²) < 4.78 is 13.5. The van der Waals surface area contributed by atoms with Crippen LogP contribution in [0.3, 0.4) is 0 Å². The third-order valence-corrected chi connectivity index (χ3v) is 4.01. The fourth-order valence-corrected chi connectivity index (χ4v) is 2.79. The average molecular weight is 293 g/mol. The lowest BCUT2D eigenvalue weighted by Gasteiger charge is -2.33. The number of carbonyl (C=O) groups is 1. The summed E-state index contributed by atoms with van der Waals surface area (Å²) in [5.74, 6) is -0.524. The van der Waals surface area contributed by atoms with Gasteiger partial charge >= 0.3 is 0 Å². The van der Waals surface area contributed by atoms with Gasteiger partial charge in [0, 0.05) is 19.0 Å². The van der Waals surface area contributed by atoms with Gasteiger partial charge in [0.2, 0.25) is 5.91 Å². The Morgan fingerprint density at radius 2 is 2.10 bits per heavy atom. The van der Waals surface area contributed by atoms with E-state index in [9.17, 15) is 9.18 Å². The van der Waals surface area contributed by atoms with Crippen molar-refractivity contribution in [1.29, 1.82) is 0 Å². The Balaban J connectivity index is 1.80. The highest BCUT2D eigenvalue weighted by molar-refractivity contribution is 5.90. The molecule has 1 saturated heterocycles. The van der Waals surface area contributed by atoms with E-state index in [1.807, 2.05) is 0 Å². The summed E-state index contributed by atoms with van der Waals surface area (Å²) in [5, 5.41) is 5.99. The van der Waals surface area contributed by atoms with Crippen LogP contribution in [-0.4, -0.2) is 43.0 Å². The number of nitrogens with zero attached hydrogens (tertiary/aromatic N) is 1. The van der Waals surface area contributed by atoms with E-state index in [-0.39, 0.29) is 11.6 Å². The predicted octanol–water partition coefficient (Wildman–Crippen LogP) is 2.23. The predicted molar refractivity (Wildman–Crippen MR) is 82.8 cm³/mol. The van der Waals surface area contributed by atoms with Crippen LogP contribution in [0.15, 0.2) is 24.3 Å². The third-order valence-electron chi connectivity index (χ3n) is 4.01. The van der Waals surface area contributed by atoms with Crippen LogP contribution in [0, 0.1) is 5.82 Å². The minimum atomic E-state index is -0.392. The molecule has 0 aromatic heterocycles. The maximum absolute atomic E-state index is 13.5. The standard InChI is InChI=1S/C16H24FN3O/c1-2-20(13-7-10-18-11-8-13)12-9-16(21)19-15-6-4-3-5-14(15)17/h3-6,13,18H,2,7-12H2,1H3,(H,19,21). The topological polar surface area (TPSA) is 44.4 Å². The van der Waals surface area contributed by atoms with E-state index in [1.165, 1.54) is 6.07 Å². The van der Waals surface area contributed by atoms with E-state index in [1.54, 1.807) is 18.2 Å². The van der Waals surface area contributed by atoms with Gasteiger partial charge in [-0.25, -0.2) is 4.39 Å². The maximum Gasteiger partial charge on any atom is 0.225 e. The zero-order chi connectivity index (χ0) is 15.1. The Morgan fingerprint density at radius 3 is 2.76 bits per heavy atom. The molecule has 4 nitrogen and oxygen atoms in total. The van der Waals surface area contributed by atoms with Crippen LogP contribution >= 0.6 is 0 Å². The number of benzene rings is 1. The first-order valence-electron chi connectivity index (χ1n) is 7.70. The van der Waals surface area contributed by atoms with Gasteiger partial charge in [-0.2, -0.15) is 0 Å². The fraction of sp³-hybridized carbons (Fsp3) is 0.562. The van der Waals surface area contributed by atoms with Crippen molar-refractivity contribution in [3.63, 3.8) is 0 Å². The van der Waals surface area contributed by atoms with Crippen molar-refractivity contribution in [2.45, 2.75) is 32.2 Å². The largest absolute Gasteiger partial charge is 0.324 e. The monoisotopic (exact) mass is 293 g/mol. The number of rotatable bonds is 6. The van der Waals surface area contributed by atoms with Crippen LogP contribution in [-0.2, 0) is 4.79 Å². The van der Waals surface area contributed by atoms with E-state index in [0.717, 1.165) is 39.0 Å². The van der Waals surface area contributed by atoms with E-state index in [2.05, 4.69) is 22.5 Å². The Morgan fingerprint density at radius 1 is 1.38 bits per heavy atom. The van der Waals surface area contributed by atoms with Crippen molar-refractivity contribution in [2.75, 3.05) is 31.5 Å². The summed E-state index contributed by atoms with van der Waals surface area (Å²) in [5.41, 5.74) is 0.257. The van der Waals surface area contributed by atoms with Gasteiger partial charge in [0.15, 0.2) is 0 Å². The Kier molecular flexibility index (Phi) is 6.14. The fourth-order valence-electron chi connectivity index (χ4n) is 2.79. The molecule has 0 unspecified atom stereocenters. The van der Waals surface area contributed by atoms with E-state index in [0.29, 0.717) is 12.5 Å². The first kappa shape index (κ1) is 15.9. The molecule has 0 bridgehead atoms. The first-order chi connectivity index (χ1) is 10.2. The van der Waals surface area contributed by atoms with E-state index < -0.39 is 5.82 Å². The summed E-state index contributed by atoms with van der Waals surface area (Å²) >= 11 is 0. The van der Waals surface area contributed by atoms with Gasteiger partial charge in [-0.1, -0.05) is 19.1 Å². The second kappa shape index (κ2) is 8.10. The number of hydrogen-bond acceptors (Lipinski definition) is 3. The van der Waals surface area contributed by atoms with Crippen LogP contribution in [0.5, 0.6) is 0 Å². The van der Waals surface area contributed by atoms with Crippen LogP contribution in [0.2, 0.25) is 0 Å². The zero-order valence-corrected chi connectivity index (χ0v) is 12.6. The smallest absolute Gasteiger partial charge is 0.225 e. The van der Waals surface area contributed by atoms with Gasteiger partial charge in [-0.15, -0.1) is 0 Å². The first-order valence-corrected chi connectivity index (χ1v) is 7.70. The molecule has 1 amide bonds. The lowest BCUT2D eigenvalue weighted by atomic mass is 10.0. The number of nitrogens with one attached hydrogen (secondary N) is 2. The molecular weight excluding hydrogens is 269 g/mol. The molecule has 0 radical (unpaired) electrons. The van der Waals surface area contributed by atoms with Crippen LogP contribution in [0.1, 0.15) is 26.2 Å².